The summed E-state index contributed by atoms with van der Waals surface area (Å²) in [4.78, 5) is 15.2. The van der Waals surface area contributed by atoms with E-state index in [2.05, 4.69) is 65.7 Å². The normalized spacial score (nSPS) is 12.6. The molecule has 164 valence electrons. The molecule has 0 aliphatic heterocycles. The summed E-state index contributed by atoms with van der Waals surface area (Å²) in [6, 6.07) is 8.46. The van der Waals surface area contributed by atoms with E-state index in [-0.39, 0.29) is 30.1 Å². The first kappa shape index (κ1) is 24.6. The van der Waals surface area contributed by atoms with Crippen LogP contribution in [0, 0.1) is 6.92 Å². The van der Waals surface area contributed by atoms with Crippen LogP contribution in [0.1, 0.15) is 41.9 Å². The zero-order chi connectivity index (χ0) is 20.8. The van der Waals surface area contributed by atoms with Crippen LogP contribution >= 0.6 is 35.3 Å². The molecule has 0 bridgehead atoms. The molecule has 0 fully saturated rings. The Labute approximate surface area is 200 Å². The fraction of sp³-hybridized carbons (Fsp3) is 0.455. The minimum Gasteiger partial charge on any atom is -0.375 e. The number of benzene rings is 1. The van der Waals surface area contributed by atoms with Crippen molar-refractivity contribution in [2.24, 2.45) is 4.99 Å². The summed E-state index contributed by atoms with van der Waals surface area (Å²) in [7, 11) is 3.76. The first-order chi connectivity index (χ1) is 14.0. The Kier molecular flexibility index (Phi) is 9.57. The number of nitrogens with zero attached hydrogens (tertiary/aromatic N) is 3. The minimum atomic E-state index is 0. The van der Waals surface area contributed by atoms with Gasteiger partial charge in [-0.1, -0.05) is 18.2 Å². The van der Waals surface area contributed by atoms with Crippen molar-refractivity contribution in [2.75, 3.05) is 27.2 Å². The number of hydrogen-bond donors (Lipinski definition) is 2. The van der Waals surface area contributed by atoms with Gasteiger partial charge in [0.25, 0.3) is 0 Å². The van der Waals surface area contributed by atoms with Crippen LogP contribution in [0.2, 0.25) is 0 Å². The summed E-state index contributed by atoms with van der Waals surface area (Å²) >= 11 is 1.64. The van der Waals surface area contributed by atoms with Crippen LogP contribution in [0.5, 0.6) is 0 Å². The van der Waals surface area contributed by atoms with E-state index in [4.69, 9.17) is 14.7 Å². The van der Waals surface area contributed by atoms with Crippen molar-refractivity contribution in [1.29, 1.82) is 0 Å². The zero-order valence-electron chi connectivity index (χ0n) is 18.4. The van der Waals surface area contributed by atoms with E-state index in [1.165, 1.54) is 22.2 Å². The first-order valence-corrected chi connectivity index (χ1v) is 10.9. The maximum Gasteiger partial charge on any atom is 0.194 e. The highest BCUT2D eigenvalue weighted by molar-refractivity contribution is 14.0. The summed E-state index contributed by atoms with van der Waals surface area (Å²) in [5, 5.41) is 7.79. The van der Waals surface area contributed by atoms with E-state index < -0.39 is 0 Å². The number of aryl methyl sites for hydroxylation is 1. The van der Waals surface area contributed by atoms with E-state index in [0.29, 0.717) is 6.54 Å². The van der Waals surface area contributed by atoms with Gasteiger partial charge >= 0.3 is 0 Å². The second-order valence-corrected chi connectivity index (χ2v) is 8.06. The fourth-order valence-electron chi connectivity index (χ4n) is 3.40. The molecule has 8 heteroatoms. The molecule has 0 radical (unpaired) electrons. The number of aromatic nitrogens is 2. The van der Waals surface area contributed by atoms with Crippen molar-refractivity contribution >= 4 is 52.2 Å². The van der Waals surface area contributed by atoms with E-state index in [9.17, 15) is 0 Å². The topological polar surface area (TPSA) is 65.5 Å². The monoisotopic (exact) mass is 541 g/mol. The summed E-state index contributed by atoms with van der Waals surface area (Å²) in [6.07, 6.45) is 0.936. The Morgan fingerprint density at radius 1 is 1.37 bits per heavy atom. The molecule has 0 aliphatic carbocycles. The molecule has 2 aromatic heterocycles. The van der Waals surface area contributed by atoms with Crippen molar-refractivity contribution < 1.29 is 4.74 Å². The fourth-order valence-corrected chi connectivity index (χ4v) is 4.24. The highest BCUT2D eigenvalue weighted by Gasteiger charge is 2.13. The van der Waals surface area contributed by atoms with Crippen LogP contribution in [0.25, 0.3) is 10.9 Å². The molecule has 1 aromatic carbocycles. The van der Waals surface area contributed by atoms with Crippen LogP contribution in [0.4, 0.5) is 0 Å². The lowest BCUT2D eigenvalue weighted by Crippen LogP contribution is -2.38. The Balaban J connectivity index is 0.00000320. The minimum absolute atomic E-state index is 0. The Bertz CT molecular complexity index is 968. The van der Waals surface area contributed by atoms with Crippen LogP contribution in [0.15, 0.2) is 34.6 Å². The molecular formula is C22H32IN5OS. The molecule has 0 saturated carbocycles. The zero-order valence-corrected chi connectivity index (χ0v) is 21.5. The van der Waals surface area contributed by atoms with Gasteiger partial charge in [-0.2, -0.15) is 0 Å². The summed E-state index contributed by atoms with van der Waals surface area (Å²) < 4.78 is 5.36. The second-order valence-electron chi connectivity index (χ2n) is 7.17. The van der Waals surface area contributed by atoms with Crippen LogP contribution in [-0.2, 0) is 17.7 Å². The molecule has 0 saturated heterocycles. The number of halogens is 1. The van der Waals surface area contributed by atoms with E-state index >= 15 is 0 Å². The molecule has 0 aliphatic rings. The molecule has 1 atom stereocenters. The average Bonchev–Trinajstić information content (AvgIpc) is 3.31. The molecule has 30 heavy (non-hydrogen) atoms. The van der Waals surface area contributed by atoms with E-state index in [0.717, 1.165) is 36.2 Å². The van der Waals surface area contributed by atoms with Crippen LogP contribution in [0.3, 0.4) is 0 Å². The smallest absolute Gasteiger partial charge is 0.194 e. The van der Waals surface area contributed by atoms with Gasteiger partial charge in [0.15, 0.2) is 5.96 Å². The van der Waals surface area contributed by atoms with E-state index in [1.807, 2.05) is 6.92 Å². The summed E-state index contributed by atoms with van der Waals surface area (Å²) in [5.74, 6) is 0.902. The number of para-hydroxylation sites is 1. The largest absolute Gasteiger partial charge is 0.375 e. The van der Waals surface area contributed by atoms with Gasteiger partial charge in [0.2, 0.25) is 0 Å². The van der Waals surface area contributed by atoms with Crippen molar-refractivity contribution in [1.82, 2.24) is 20.2 Å². The number of rotatable bonds is 8. The maximum atomic E-state index is 5.36. The number of methoxy groups -OCH3 is 1. The Morgan fingerprint density at radius 3 is 2.87 bits per heavy atom. The second kappa shape index (κ2) is 11.7. The number of thiazole rings is 1. The third kappa shape index (κ3) is 5.95. The predicted molar refractivity (Wildman–Crippen MR) is 137 cm³/mol. The lowest BCUT2D eigenvalue weighted by molar-refractivity contribution is 0.119. The maximum absolute atomic E-state index is 5.36. The Morgan fingerprint density at radius 2 is 2.13 bits per heavy atom. The molecule has 6 nitrogen and oxygen atoms in total. The third-order valence-electron chi connectivity index (χ3n) is 5.02. The van der Waals surface area contributed by atoms with Gasteiger partial charge in [-0.15, -0.1) is 35.3 Å². The number of ether oxygens (including phenoxy) is 1. The van der Waals surface area contributed by atoms with Crippen LogP contribution in [-0.4, -0.2) is 48.1 Å². The summed E-state index contributed by atoms with van der Waals surface area (Å²) in [6.45, 7) is 8.53. The number of aliphatic imine (C=N–C) groups is 1. The number of fused-ring (bicyclic) bond motifs is 1. The SMILES string of the molecule is CCNC(=NCCc1c(C)[nH]c2ccccc12)N(C)Cc1csc(C(C)OC)n1.I. The van der Waals surface area contributed by atoms with Crippen molar-refractivity contribution in [3.05, 3.63) is 51.6 Å². The number of H-pyrrole nitrogens is 1. The highest BCUT2D eigenvalue weighted by Crippen LogP contribution is 2.23. The lowest BCUT2D eigenvalue weighted by Gasteiger charge is -2.21. The number of nitrogens with one attached hydrogen (secondary N) is 2. The Hall–Kier alpha value is -1.65. The van der Waals surface area contributed by atoms with Gasteiger partial charge in [0.1, 0.15) is 11.1 Å². The van der Waals surface area contributed by atoms with Crippen LogP contribution < -0.4 is 5.32 Å². The van der Waals surface area contributed by atoms with Gasteiger partial charge in [0, 0.05) is 49.2 Å². The molecule has 3 aromatic rings. The van der Waals surface area contributed by atoms with Crippen molar-refractivity contribution in [3.63, 3.8) is 0 Å². The van der Waals surface area contributed by atoms with Crippen molar-refractivity contribution in [2.45, 2.75) is 39.8 Å². The van der Waals surface area contributed by atoms with Gasteiger partial charge in [-0.25, -0.2) is 4.98 Å². The molecule has 0 spiro atoms. The van der Waals surface area contributed by atoms with Gasteiger partial charge in [0.05, 0.1) is 12.2 Å². The van der Waals surface area contributed by atoms with Gasteiger partial charge in [-0.3, -0.25) is 4.99 Å². The average molecular weight is 542 g/mol. The molecule has 0 amide bonds. The third-order valence-corrected chi connectivity index (χ3v) is 6.07. The first-order valence-electron chi connectivity index (χ1n) is 10.1. The predicted octanol–water partition coefficient (Wildman–Crippen LogP) is 4.90. The number of aromatic amines is 1. The van der Waals surface area contributed by atoms with E-state index in [1.54, 1.807) is 18.4 Å². The molecule has 2 heterocycles. The lowest BCUT2D eigenvalue weighted by atomic mass is 10.1. The molecular weight excluding hydrogens is 509 g/mol. The molecule has 2 N–H and O–H groups in total. The highest BCUT2D eigenvalue weighted by atomic mass is 127. The standard InChI is InChI=1S/C22H31N5OS.HI/c1-6-23-22(27(4)13-17-14-29-21(26-17)16(3)28-5)24-12-11-18-15(2)25-20-10-8-7-9-19(18)20;/h7-10,14,16,25H,6,11-13H2,1-5H3,(H,23,24);1H. The number of hydrogen-bond acceptors (Lipinski definition) is 4. The van der Waals surface area contributed by atoms with Gasteiger partial charge < -0.3 is 19.9 Å². The number of guanidine groups is 1. The van der Waals surface area contributed by atoms with Crippen molar-refractivity contribution in [3.8, 4) is 0 Å². The summed E-state index contributed by atoms with van der Waals surface area (Å²) in [5.41, 5.74) is 4.80. The molecule has 3 rings (SSSR count). The van der Waals surface area contributed by atoms with Gasteiger partial charge in [-0.05, 0) is 38.8 Å². The quantitative estimate of drug-likeness (QED) is 0.242. The molecule has 1 unspecified atom stereocenters.